The summed E-state index contributed by atoms with van der Waals surface area (Å²) in [6, 6.07) is 0. The van der Waals surface area contributed by atoms with Crippen LogP contribution in [0, 0.1) is 0 Å². The second kappa shape index (κ2) is 2.75. The number of aliphatic hydroxyl groups is 1. The molecule has 2 heterocycles. The molecule has 0 aromatic rings. The number of carbonyl (C=O) groups excluding carboxylic acids is 1. The Balaban J connectivity index is 2.11. The van der Waals surface area contributed by atoms with Crippen LogP contribution < -0.4 is 0 Å². The highest BCUT2D eigenvalue weighted by atomic mass is 16.8. The zero-order chi connectivity index (χ0) is 9.64. The van der Waals surface area contributed by atoms with E-state index in [1.807, 2.05) is 0 Å². The SMILES string of the molecule is CC1(C)OC2O[C@H](C=O)C(O)C2O1. The molecule has 0 bridgehead atoms. The van der Waals surface area contributed by atoms with Crippen LogP contribution in [0.5, 0.6) is 0 Å². The van der Waals surface area contributed by atoms with Crippen LogP contribution >= 0.6 is 0 Å². The lowest BCUT2D eigenvalue weighted by Crippen LogP contribution is -2.35. The minimum absolute atomic E-state index is 0.551. The highest BCUT2D eigenvalue weighted by Crippen LogP contribution is 2.36. The maximum atomic E-state index is 10.4. The molecule has 2 saturated heterocycles. The van der Waals surface area contributed by atoms with Gasteiger partial charge in [-0.3, -0.25) is 0 Å². The minimum Gasteiger partial charge on any atom is -0.387 e. The Morgan fingerprint density at radius 1 is 1.38 bits per heavy atom. The van der Waals surface area contributed by atoms with Gasteiger partial charge >= 0.3 is 0 Å². The highest BCUT2D eigenvalue weighted by Gasteiger charge is 2.54. The molecule has 2 aliphatic heterocycles. The fraction of sp³-hybridized carbons (Fsp3) is 0.875. The maximum Gasteiger partial charge on any atom is 0.190 e. The highest BCUT2D eigenvalue weighted by molar-refractivity contribution is 5.58. The van der Waals surface area contributed by atoms with Crippen LogP contribution in [0.4, 0.5) is 0 Å². The van der Waals surface area contributed by atoms with E-state index in [2.05, 4.69) is 0 Å². The molecule has 0 amide bonds. The molecule has 3 unspecified atom stereocenters. The Bertz CT molecular complexity index is 227. The van der Waals surface area contributed by atoms with E-state index in [-0.39, 0.29) is 0 Å². The molecular weight excluding hydrogens is 176 g/mol. The van der Waals surface area contributed by atoms with Gasteiger partial charge in [-0.25, -0.2) is 0 Å². The van der Waals surface area contributed by atoms with Crippen molar-refractivity contribution >= 4 is 6.29 Å². The molecule has 2 fully saturated rings. The average molecular weight is 188 g/mol. The number of aldehydes is 1. The molecule has 1 N–H and O–H groups in total. The molecular formula is C8H12O5. The first-order chi connectivity index (χ1) is 6.03. The zero-order valence-electron chi connectivity index (χ0n) is 7.47. The molecule has 0 aromatic carbocycles. The fourth-order valence-corrected chi connectivity index (χ4v) is 1.63. The van der Waals surface area contributed by atoms with Gasteiger partial charge in [0, 0.05) is 0 Å². The molecule has 74 valence electrons. The first-order valence-corrected chi connectivity index (χ1v) is 4.18. The topological polar surface area (TPSA) is 65.0 Å². The Kier molecular flexibility index (Phi) is 1.92. The number of rotatable bonds is 1. The summed E-state index contributed by atoms with van der Waals surface area (Å²) in [6.07, 6.45) is -2.37. The molecule has 0 spiro atoms. The molecule has 2 aliphatic rings. The third-order valence-corrected chi connectivity index (χ3v) is 2.19. The van der Waals surface area contributed by atoms with Crippen molar-refractivity contribution in [1.82, 2.24) is 0 Å². The number of carbonyl (C=O) groups is 1. The number of fused-ring (bicyclic) bond motifs is 1. The van der Waals surface area contributed by atoms with E-state index < -0.39 is 30.4 Å². The standard InChI is InChI=1S/C8H12O5/c1-8(2)12-6-5(10)4(3-9)11-7(6)13-8/h3-7,10H,1-2H3/t4-,5?,6?,7?/m1/s1. The fourth-order valence-electron chi connectivity index (χ4n) is 1.63. The summed E-state index contributed by atoms with van der Waals surface area (Å²) in [5, 5.41) is 9.53. The predicted octanol–water partition coefficient (Wildman–Crippen LogP) is -0.577. The Morgan fingerprint density at radius 2 is 2.08 bits per heavy atom. The molecule has 5 heteroatoms. The summed E-state index contributed by atoms with van der Waals surface area (Å²) >= 11 is 0. The van der Waals surface area contributed by atoms with Crippen molar-refractivity contribution in [3.63, 3.8) is 0 Å². The van der Waals surface area contributed by atoms with E-state index in [4.69, 9.17) is 14.2 Å². The summed E-state index contributed by atoms with van der Waals surface area (Å²) in [7, 11) is 0. The van der Waals surface area contributed by atoms with Crippen molar-refractivity contribution in [1.29, 1.82) is 0 Å². The molecule has 2 rings (SSSR count). The van der Waals surface area contributed by atoms with Crippen molar-refractivity contribution in [2.24, 2.45) is 0 Å². The summed E-state index contributed by atoms with van der Waals surface area (Å²) in [6.45, 7) is 3.47. The first-order valence-electron chi connectivity index (χ1n) is 4.18. The minimum atomic E-state index is -0.927. The van der Waals surface area contributed by atoms with Crippen LogP contribution in [-0.2, 0) is 19.0 Å². The number of hydrogen-bond donors (Lipinski definition) is 1. The lowest BCUT2D eigenvalue weighted by Gasteiger charge is -2.20. The molecule has 5 nitrogen and oxygen atoms in total. The normalized spacial score (nSPS) is 47.6. The molecule has 0 aliphatic carbocycles. The van der Waals surface area contributed by atoms with Crippen molar-refractivity contribution in [3.8, 4) is 0 Å². The third kappa shape index (κ3) is 1.38. The van der Waals surface area contributed by atoms with Crippen LogP contribution in [0.1, 0.15) is 13.8 Å². The van der Waals surface area contributed by atoms with Gasteiger partial charge in [0.1, 0.15) is 18.3 Å². The average Bonchev–Trinajstić information content (AvgIpc) is 2.47. The third-order valence-electron chi connectivity index (χ3n) is 2.19. The van der Waals surface area contributed by atoms with Gasteiger partial charge < -0.3 is 24.1 Å². The lowest BCUT2D eigenvalue weighted by atomic mass is 10.1. The number of hydrogen-bond acceptors (Lipinski definition) is 5. The Morgan fingerprint density at radius 3 is 2.62 bits per heavy atom. The van der Waals surface area contributed by atoms with Crippen LogP contribution in [0.25, 0.3) is 0 Å². The summed E-state index contributed by atoms with van der Waals surface area (Å²) < 4.78 is 15.8. The van der Waals surface area contributed by atoms with Gasteiger partial charge in [0.25, 0.3) is 0 Å². The van der Waals surface area contributed by atoms with Crippen LogP contribution in [0.2, 0.25) is 0 Å². The molecule has 0 saturated carbocycles. The smallest absolute Gasteiger partial charge is 0.190 e. The van der Waals surface area contributed by atoms with E-state index in [0.29, 0.717) is 6.29 Å². The van der Waals surface area contributed by atoms with Gasteiger partial charge in [-0.05, 0) is 13.8 Å². The molecule has 13 heavy (non-hydrogen) atoms. The van der Waals surface area contributed by atoms with Crippen molar-refractivity contribution < 1.29 is 24.1 Å². The molecule has 4 atom stereocenters. The first kappa shape index (κ1) is 9.08. The second-order valence-corrected chi connectivity index (χ2v) is 3.70. The van der Waals surface area contributed by atoms with Crippen LogP contribution in [0.15, 0.2) is 0 Å². The maximum absolute atomic E-state index is 10.4. The van der Waals surface area contributed by atoms with Gasteiger partial charge in [0.2, 0.25) is 0 Å². The summed E-state index contributed by atoms with van der Waals surface area (Å²) in [4.78, 5) is 10.4. The van der Waals surface area contributed by atoms with Crippen molar-refractivity contribution in [3.05, 3.63) is 0 Å². The monoisotopic (exact) mass is 188 g/mol. The summed E-state index contributed by atoms with van der Waals surface area (Å²) in [5.74, 6) is -0.746. The van der Waals surface area contributed by atoms with E-state index in [1.54, 1.807) is 13.8 Å². The summed E-state index contributed by atoms with van der Waals surface area (Å²) in [5.41, 5.74) is 0. The van der Waals surface area contributed by atoms with Crippen molar-refractivity contribution in [2.75, 3.05) is 0 Å². The van der Waals surface area contributed by atoms with Crippen LogP contribution in [0.3, 0.4) is 0 Å². The molecule has 0 radical (unpaired) electrons. The zero-order valence-corrected chi connectivity index (χ0v) is 7.47. The van der Waals surface area contributed by atoms with E-state index >= 15 is 0 Å². The number of aliphatic hydroxyl groups excluding tert-OH is 1. The van der Waals surface area contributed by atoms with Crippen LogP contribution in [-0.4, -0.2) is 41.8 Å². The van der Waals surface area contributed by atoms with Gasteiger partial charge in [-0.2, -0.15) is 0 Å². The number of ether oxygens (including phenoxy) is 3. The quantitative estimate of drug-likeness (QED) is 0.558. The largest absolute Gasteiger partial charge is 0.387 e. The second-order valence-electron chi connectivity index (χ2n) is 3.70. The lowest BCUT2D eigenvalue weighted by molar-refractivity contribution is -0.212. The Hall–Kier alpha value is -0.490. The Labute approximate surface area is 75.6 Å². The van der Waals surface area contributed by atoms with Crippen molar-refractivity contribution in [2.45, 2.75) is 44.2 Å². The van der Waals surface area contributed by atoms with E-state index in [9.17, 15) is 9.90 Å². The van der Waals surface area contributed by atoms with E-state index in [1.165, 1.54) is 0 Å². The van der Waals surface area contributed by atoms with E-state index in [0.717, 1.165) is 0 Å². The van der Waals surface area contributed by atoms with Gasteiger partial charge in [0.15, 0.2) is 18.4 Å². The predicted molar refractivity (Wildman–Crippen MR) is 40.8 cm³/mol. The molecule has 0 aromatic heterocycles. The van der Waals surface area contributed by atoms with Gasteiger partial charge in [-0.1, -0.05) is 0 Å². The van der Waals surface area contributed by atoms with Gasteiger partial charge in [0.05, 0.1) is 0 Å². The van der Waals surface area contributed by atoms with Gasteiger partial charge in [-0.15, -0.1) is 0 Å².